The van der Waals surface area contributed by atoms with Crippen molar-refractivity contribution in [1.82, 2.24) is 4.90 Å². The summed E-state index contributed by atoms with van der Waals surface area (Å²) in [5.74, 6) is 0.625. The maximum Gasteiger partial charge on any atom is 0.365 e. The van der Waals surface area contributed by atoms with Crippen LogP contribution in [-0.4, -0.2) is 42.8 Å². The van der Waals surface area contributed by atoms with Crippen LogP contribution in [0.25, 0.3) is 0 Å². The molecule has 1 fully saturated rings. The van der Waals surface area contributed by atoms with Crippen molar-refractivity contribution in [3.05, 3.63) is 29.8 Å². The van der Waals surface area contributed by atoms with Gasteiger partial charge in [0.1, 0.15) is 5.75 Å². The summed E-state index contributed by atoms with van der Waals surface area (Å²) in [6.07, 6.45) is 1.78. The van der Waals surface area contributed by atoms with Gasteiger partial charge >= 0.3 is 5.97 Å². The normalized spacial score (nSPS) is 22.8. The molecule has 2 rings (SSSR count). The van der Waals surface area contributed by atoms with E-state index in [9.17, 15) is 4.79 Å². The molecule has 0 amide bonds. The number of carbonyl (C=O) groups excluding carboxylic acids is 1. The van der Waals surface area contributed by atoms with Crippen molar-refractivity contribution >= 4 is 11.7 Å². The lowest BCUT2D eigenvalue weighted by molar-refractivity contribution is -0.0000221. The van der Waals surface area contributed by atoms with Crippen LogP contribution >= 0.6 is 0 Å². The van der Waals surface area contributed by atoms with Crippen molar-refractivity contribution < 1.29 is 26.8 Å². The standard InChI is InChI=1S/C18H26N2O3.ClH/c1-5-10-22-16-8-6-15(7-9-16)18(21)23-19-17-11-14(3)20(4)12-13(17)2;/h6-9,13-14H,5,10-12H2,1-4H3;1H/p-1. The molecule has 2 unspecified atom stereocenters. The number of nitrogens with zero attached hydrogens (tertiary/aromatic N) is 2. The van der Waals surface area contributed by atoms with E-state index in [-0.39, 0.29) is 12.4 Å². The van der Waals surface area contributed by atoms with E-state index in [2.05, 4.69) is 37.9 Å². The summed E-state index contributed by atoms with van der Waals surface area (Å²) >= 11 is 0. The largest absolute Gasteiger partial charge is 1.00 e. The lowest BCUT2D eigenvalue weighted by Gasteiger charge is -2.34. The molecule has 24 heavy (non-hydrogen) atoms. The van der Waals surface area contributed by atoms with Gasteiger partial charge in [-0.2, -0.15) is 0 Å². The van der Waals surface area contributed by atoms with Crippen molar-refractivity contribution in [1.29, 1.82) is 0 Å². The Morgan fingerprint density at radius 1 is 1.29 bits per heavy atom. The number of hydrogen-bond donors (Lipinski definition) is 0. The Bertz CT molecular complexity index is 560. The molecule has 6 heteroatoms. The second-order valence-electron chi connectivity index (χ2n) is 6.23. The summed E-state index contributed by atoms with van der Waals surface area (Å²) in [6, 6.07) is 7.38. The first kappa shape index (κ1) is 20.5. The molecule has 1 saturated heterocycles. The second-order valence-corrected chi connectivity index (χ2v) is 6.23. The zero-order valence-corrected chi connectivity index (χ0v) is 15.5. The van der Waals surface area contributed by atoms with E-state index in [4.69, 9.17) is 9.57 Å². The second kappa shape index (κ2) is 9.64. The van der Waals surface area contributed by atoms with Crippen LogP contribution in [0, 0.1) is 5.92 Å². The molecule has 0 aromatic heterocycles. The highest BCUT2D eigenvalue weighted by molar-refractivity contribution is 5.92. The lowest BCUT2D eigenvalue weighted by Crippen LogP contribution is -3.00. The van der Waals surface area contributed by atoms with Crippen LogP contribution in [0.4, 0.5) is 0 Å². The first-order valence-corrected chi connectivity index (χ1v) is 8.22. The van der Waals surface area contributed by atoms with E-state index in [1.165, 1.54) is 0 Å². The van der Waals surface area contributed by atoms with Gasteiger partial charge in [0, 0.05) is 24.9 Å². The van der Waals surface area contributed by atoms with Crippen molar-refractivity contribution in [2.75, 3.05) is 20.2 Å². The average molecular weight is 354 g/mol. The van der Waals surface area contributed by atoms with Gasteiger partial charge in [0.15, 0.2) is 0 Å². The first-order chi connectivity index (χ1) is 11.0. The minimum Gasteiger partial charge on any atom is -1.00 e. The number of oxime groups is 1. The van der Waals surface area contributed by atoms with E-state index in [1.54, 1.807) is 24.3 Å². The van der Waals surface area contributed by atoms with Gasteiger partial charge in [0.25, 0.3) is 0 Å². The minimum absolute atomic E-state index is 0. The number of ether oxygens (including phenoxy) is 1. The molecule has 2 atom stereocenters. The van der Waals surface area contributed by atoms with E-state index >= 15 is 0 Å². The van der Waals surface area contributed by atoms with Crippen LogP contribution in [0.1, 0.15) is 44.0 Å². The summed E-state index contributed by atoms with van der Waals surface area (Å²) in [6.45, 7) is 7.91. The monoisotopic (exact) mass is 353 g/mol. The Labute approximate surface area is 150 Å². The van der Waals surface area contributed by atoms with Gasteiger partial charge in [-0.05, 0) is 44.7 Å². The number of rotatable bonds is 5. The van der Waals surface area contributed by atoms with Gasteiger partial charge in [0.05, 0.1) is 17.9 Å². The smallest absolute Gasteiger partial charge is 0.365 e. The van der Waals surface area contributed by atoms with Crippen LogP contribution in [-0.2, 0) is 4.84 Å². The molecule has 0 saturated carbocycles. The molecule has 0 radical (unpaired) electrons. The molecule has 5 nitrogen and oxygen atoms in total. The molecule has 0 bridgehead atoms. The fourth-order valence-corrected chi connectivity index (χ4v) is 2.56. The number of piperidine rings is 1. The molecule has 1 aromatic carbocycles. The molecule has 1 aliphatic heterocycles. The van der Waals surface area contributed by atoms with Crippen molar-refractivity contribution in [3.8, 4) is 5.75 Å². The fraction of sp³-hybridized carbons (Fsp3) is 0.556. The zero-order valence-electron chi connectivity index (χ0n) is 14.8. The number of halogens is 1. The van der Waals surface area contributed by atoms with E-state index in [0.717, 1.165) is 30.8 Å². The Morgan fingerprint density at radius 2 is 1.96 bits per heavy atom. The summed E-state index contributed by atoms with van der Waals surface area (Å²) < 4.78 is 5.50. The number of carbonyl (C=O) groups is 1. The molecule has 1 aromatic rings. The first-order valence-electron chi connectivity index (χ1n) is 8.22. The Balaban J connectivity index is 0.00000288. The Morgan fingerprint density at radius 3 is 2.58 bits per heavy atom. The number of likely N-dealkylation sites (tertiary alicyclic amines) is 1. The van der Waals surface area contributed by atoms with Crippen LogP contribution in [0.5, 0.6) is 5.75 Å². The summed E-state index contributed by atoms with van der Waals surface area (Å²) in [5.41, 5.74) is 1.43. The average Bonchev–Trinajstić information content (AvgIpc) is 2.55. The third kappa shape index (κ3) is 5.49. The molecule has 1 aliphatic rings. The van der Waals surface area contributed by atoms with Crippen LogP contribution < -0.4 is 17.1 Å². The van der Waals surface area contributed by atoms with Crippen molar-refractivity contribution in [3.63, 3.8) is 0 Å². The van der Waals surface area contributed by atoms with E-state index in [1.807, 2.05) is 0 Å². The van der Waals surface area contributed by atoms with Crippen LogP contribution in [0.2, 0.25) is 0 Å². The lowest BCUT2D eigenvalue weighted by atomic mass is 9.93. The van der Waals surface area contributed by atoms with E-state index < -0.39 is 5.97 Å². The maximum atomic E-state index is 12.1. The van der Waals surface area contributed by atoms with Gasteiger partial charge < -0.3 is 26.9 Å². The molecular formula is C18H26ClN2O3-. The van der Waals surface area contributed by atoms with Gasteiger partial charge in [0.2, 0.25) is 0 Å². The summed E-state index contributed by atoms with van der Waals surface area (Å²) in [4.78, 5) is 19.5. The molecule has 0 N–H and O–H groups in total. The van der Waals surface area contributed by atoms with Gasteiger partial charge in [-0.25, -0.2) is 4.79 Å². The molecule has 0 spiro atoms. The number of benzene rings is 1. The Kier molecular flexibility index (Phi) is 8.22. The highest BCUT2D eigenvalue weighted by Gasteiger charge is 2.26. The molecule has 0 aliphatic carbocycles. The molecule has 1 heterocycles. The summed E-state index contributed by atoms with van der Waals surface area (Å²) in [5, 5.41) is 4.11. The Hall–Kier alpha value is -1.59. The SMILES string of the molecule is CCCOc1ccc(C(=O)ON=C2CC(C)N(C)CC2C)cc1.[Cl-]. The predicted molar refractivity (Wildman–Crippen MR) is 91.0 cm³/mol. The maximum absolute atomic E-state index is 12.1. The van der Waals surface area contributed by atoms with Crippen LogP contribution in [0.15, 0.2) is 29.4 Å². The van der Waals surface area contributed by atoms with Gasteiger partial charge in [-0.3, -0.25) is 0 Å². The number of hydrogen-bond acceptors (Lipinski definition) is 5. The van der Waals surface area contributed by atoms with Gasteiger partial charge in [-0.15, -0.1) is 0 Å². The topological polar surface area (TPSA) is 51.1 Å². The van der Waals surface area contributed by atoms with Gasteiger partial charge in [-0.1, -0.05) is 19.0 Å². The fourth-order valence-electron chi connectivity index (χ4n) is 2.56. The predicted octanol–water partition coefficient (Wildman–Crippen LogP) is 0.352. The quantitative estimate of drug-likeness (QED) is 0.566. The molecular weight excluding hydrogens is 328 g/mol. The molecule has 134 valence electrons. The minimum atomic E-state index is -0.432. The summed E-state index contributed by atoms with van der Waals surface area (Å²) in [7, 11) is 2.10. The highest BCUT2D eigenvalue weighted by atomic mass is 35.5. The third-order valence-electron chi connectivity index (χ3n) is 4.20. The zero-order chi connectivity index (χ0) is 16.8. The highest BCUT2D eigenvalue weighted by Crippen LogP contribution is 2.19. The van der Waals surface area contributed by atoms with E-state index in [0.29, 0.717) is 24.1 Å². The third-order valence-corrected chi connectivity index (χ3v) is 4.20. The van der Waals surface area contributed by atoms with Crippen molar-refractivity contribution in [2.24, 2.45) is 11.1 Å². The van der Waals surface area contributed by atoms with Crippen LogP contribution in [0.3, 0.4) is 0 Å². The van der Waals surface area contributed by atoms with Crippen molar-refractivity contribution in [2.45, 2.75) is 39.7 Å².